The Hall–Kier alpha value is -1.82. The fourth-order valence-electron chi connectivity index (χ4n) is 3.90. The minimum absolute atomic E-state index is 0.0851. The standard InChI is InChI=1S/C18H23F2N3O5S/c19-13-1-2-16(15(20)7-13)21-17(24)23-10-18(11-23)12-29(25,26)14(9-28-18)8-22-3-5-27-6-4-22/h1-2,7,14H,3-6,8-12H2,(H,21,24)/t14-/m0/s1. The highest BCUT2D eigenvalue weighted by Gasteiger charge is 2.54. The van der Waals surface area contributed by atoms with Crippen molar-refractivity contribution < 1.29 is 31.5 Å². The van der Waals surface area contributed by atoms with E-state index in [9.17, 15) is 22.0 Å². The van der Waals surface area contributed by atoms with Gasteiger partial charge in [-0.2, -0.15) is 0 Å². The summed E-state index contributed by atoms with van der Waals surface area (Å²) < 4.78 is 63.4. The molecule has 1 aromatic rings. The van der Waals surface area contributed by atoms with E-state index in [0.717, 1.165) is 12.1 Å². The highest BCUT2D eigenvalue weighted by atomic mass is 32.2. The number of ether oxygens (including phenoxy) is 2. The van der Waals surface area contributed by atoms with Crippen molar-refractivity contribution in [1.29, 1.82) is 0 Å². The summed E-state index contributed by atoms with van der Waals surface area (Å²) >= 11 is 0. The Balaban J connectivity index is 1.32. The van der Waals surface area contributed by atoms with Gasteiger partial charge in [0.15, 0.2) is 9.84 Å². The summed E-state index contributed by atoms with van der Waals surface area (Å²) in [6, 6.07) is 2.27. The van der Waals surface area contributed by atoms with Gasteiger partial charge in [0.05, 0.1) is 49.6 Å². The molecule has 0 aliphatic carbocycles. The number of carbonyl (C=O) groups is 1. The number of urea groups is 1. The number of rotatable bonds is 3. The number of likely N-dealkylation sites (tertiary alicyclic amines) is 1. The van der Waals surface area contributed by atoms with Crippen LogP contribution in [0, 0.1) is 11.6 Å². The monoisotopic (exact) mass is 431 g/mol. The van der Waals surface area contributed by atoms with E-state index in [4.69, 9.17) is 9.47 Å². The largest absolute Gasteiger partial charge is 0.379 e. The molecule has 4 rings (SSSR count). The second-order valence-electron chi connectivity index (χ2n) is 7.75. The quantitative estimate of drug-likeness (QED) is 0.758. The average Bonchev–Trinajstić information content (AvgIpc) is 2.64. The Kier molecular flexibility index (Phi) is 5.49. The predicted molar refractivity (Wildman–Crippen MR) is 100 cm³/mol. The molecule has 3 saturated heterocycles. The summed E-state index contributed by atoms with van der Waals surface area (Å²) in [6.45, 7) is 3.29. The highest BCUT2D eigenvalue weighted by molar-refractivity contribution is 7.92. The minimum atomic E-state index is -3.38. The smallest absolute Gasteiger partial charge is 0.322 e. The van der Waals surface area contributed by atoms with E-state index in [1.54, 1.807) is 0 Å². The van der Waals surface area contributed by atoms with Crippen LogP contribution in [0.15, 0.2) is 18.2 Å². The predicted octanol–water partition coefficient (Wildman–Crippen LogP) is 0.697. The topological polar surface area (TPSA) is 88.2 Å². The van der Waals surface area contributed by atoms with E-state index in [1.807, 2.05) is 0 Å². The summed E-state index contributed by atoms with van der Waals surface area (Å²) in [5, 5.41) is 1.77. The van der Waals surface area contributed by atoms with Gasteiger partial charge in [0.1, 0.15) is 17.2 Å². The van der Waals surface area contributed by atoms with E-state index in [1.165, 1.54) is 4.90 Å². The molecule has 2 amide bonds. The Labute approximate surface area is 167 Å². The molecule has 3 aliphatic rings. The molecule has 1 atom stereocenters. The third-order valence-corrected chi connectivity index (χ3v) is 7.76. The molecule has 1 spiro atoms. The number of hydrogen-bond acceptors (Lipinski definition) is 6. The molecule has 0 saturated carbocycles. The maximum atomic E-state index is 13.7. The fourth-order valence-corrected chi connectivity index (χ4v) is 5.85. The number of benzene rings is 1. The molecule has 0 bridgehead atoms. The summed E-state index contributed by atoms with van der Waals surface area (Å²) in [5.41, 5.74) is -1.06. The molecule has 160 valence electrons. The van der Waals surface area contributed by atoms with Crippen LogP contribution in [0.25, 0.3) is 0 Å². The van der Waals surface area contributed by atoms with Gasteiger partial charge in [0, 0.05) is 25.7 Å². The van der Waals surface area contributed by atoms with Gasteiger partial charge in [-0.15, -0.1) is 0 Å². The zero-order chi connectivity index (χ0) is 20.6. The number of morpholine rings is 1. The van der Waals surface area contributed by atoms with E-state index in [2.05, 4.69) is 10.2 Å². The third-order valence-electron chi connectivity index (χ3n) is 5.53. The molecule has 0 radical (unpaired) electrons. The Morgan fingerprint density at radius 3 is 2.62 bits per heavy atom. The van der Waals surface area contributed by atoms with Gasteiger partial charge in [-0.3, -0.25) is 4.90 Å². The van der Waals surface area contributed by atoms with Crippen LogP contribution >= 0.6 is 0 Å². The molecule has 8 nitrogen and oxygen atoms in total. The van der Waals surface area contributed by atoms with Crippen LogP contribution in [-0.4, -0.2) is 93.4 Å². The molecular formula is C18H23F2N3O5S. The van der Waals surface area contributed by atoms with Crippen molar-refractivity contribution in [2.24, 2.45) is 0 Å². The second kappa shape index (κ2) is 7.78. The molecule has 1 aromatic carbocycles. The van der Waals surface area contributed by atoms with Gasteiger partial charge in [0.25, 0.3) is 0 Å². The van der Waals surface area contributed by atoms with Crippen molar-refractivity contribution in [3.63, 3.8) is 0 Å². The van der Waals surface area contributed by atoms with Gasteiger partial charge in [-0.05, 0) is 12.1 Å². The van der Waals surface area contributed by atoms with Crippen LogP contribution < -0.4 is 5.32 Å². The number of sulfone groups is 1. The summed E-state index contributed by atoms with van der Waals surface area (Å²) in [6.07, 6.45) is 0. The molecule has 0 unspecified atom stereocenters. The Morgan fingerprint density at radius 1 is 1.24 bits per heavy atom. The first-order chi connectivity index (χ1) is 13.8. The van der Waals surface area contributed by atoms with Gasteiger partial charge in [0.2, 0.25) is 0 Å². The highest BCUT2D eigenvalue weighted by Crippen LogP contribution is 2.33. The summed E-state index contributed by atoms with van der Waals surface area (Å²) in [5.74, 6) is -1.77. The maximum Gasteiger partial charge on any atom is 0.322 e. The van der Waals surface area contributed by atoms with Crippen molar-refractivity contribution in [1.82, 2.24) is 9.80 Å². The first kappa shape index (κ1) is 20.5. The van der Waals surface area contributed by atoms with Gasteiger partial charge < -0.3 is 19.7 Å². The Bertz CT molecular complexity index is 885. The first-order valence-electron chi connectivity index (χ1n) is 9.43. The number of nitrogens with one attached hydrogen (secondary N) is 1. The van der Waals surface area contributed by atoms with E-state index in [-0.39, 0.29) is 31.1 Å². The SMILES string of the molecule is O=C(Nc1ccc(F)cc1F)N1CC2(C1)CS(=O)(=O)[C@@H](CN1CCOCC1)CO2. The maximum absolute atomic E-state index is 13.7. The lowest BCUT2D eigenvalue weighted by Gasteiger charge is -2.52. The lowest BCUT2D eigenvalue weighted by Crippen LogP contribution is -2.71. The van der Waals surface area contributed by atoms with Crippen LogP contribution in [0.4, 0.5) is 19.3 Å². The molecule has 3 fully saturated rings. The van der Waals surface area contributed by atoms with E-state index < -0.39 is 38.4 Å². The minimum Gasteiger partial charge on any atom is -0.379 e. The van der Waals surface area contributed by atoms with Gasteiger partial charge in [-0.25, -0.2) is 22.0 Å². The van der Waals surface area contributed by atoms with E-state index in [0.29, 0.717) is 38.9 Å². The molecule has 3 heterocycles. The molecule has 1 N–H and O–H groups in total. The summed E-state index contributed by atoms with van der Waals surface area (Å²) in [4.78, 5) is 15.7. The van der Waals surface area contributed by atoms with Crippen LogP contribution in [0.5, 0.6) is 0 Å². The molecule has 29 heavy (non-hydrogen) atoms. The third kappa shape index (κ3) is 4.37. The fraction of sp³-hybridized carbons (Fsp3) is 0.611. The second-order valence-corrected chi connectivity index (χ2v) is 10.0. The van der Waals surface area contributed by atoms with Crippen molar-refractivity contribution in [2.75, 3.05) is 63.6 Å². The normalized spacial score (nSPS) is 26.1. The zero-order valence-corrected chi connectivity index (χ0v) is 16.6. The number of hydrogen-bond donors (Lipinski definition) is 1. The van der Waals surface area contributed by atoms with Crippen molar-refractivity contribution in [3.8, 4) is 0 Å². The number of halogens is 2. The van der Waals surface area contributed by atoms with Gasteiger partial charge >= 0.3 is 6.03 Å². The number of carbonyl (C=O) groups excluding carboxylic acids is 1. The van der Waals surface area contributed by atoms with Crippen LogP contribution in [0.2, 0.25) is 0 Å². The van der Waals surface area contributed by atoms with Crippen molar-refractivity contribution >= 4 is 21.6 Å². The molecular weight excluding hydrogens is 408 g/mol. The summed E-state index contributed by atoms with van der Waals surface area (Å²) in [7, 11) is -3.38. The number of amides is 2. The molecule has 0 aromatic heterocycles. The number of nitrogens with zero attached hydrogens (tertiary/aromatic N) is 2. The molecule has 11 heteroatoms. The van der Waals surface area contributed by atoms with E-state index >= 15 is 0 Å². The number of anilines is 1. The van der Waals surface area contributed by atoms with Crippen molar-refractivity contribution in [3.05, 3.63) is 29.8 Å². The lowest BCUT2D eigenvalue weighted by atomic mass is 9.96. The average molecular weight is 431 g/mol. The van der Waals surface area contributed by atoms with Crippen LogP contribution in [-0.2, 0) is 19.3 Å². The lowest BCUT2D eigenvalue weighted by molar-refractivity contribution is -0.118. The first-order valence-corrected chi connectivity index (χ1v) is 11.1. The van der Waals surface area contributed by atoms with Crippen LogP contribution in [0.3, 0.4) is 0 Å². The van der Waals surface area contributed by atoms with Crippen LogP contribution in [0.1, 0.15) is 0 Å². The molecule has 3 aliphatic heterocycles. The van der Waals surface area contributed by atoms with Crippen molar-refractivity contribution in [2.45, 2.75) is 10.9 Å². The Morgan fingerprint density at radius 2 is 1.97 bits per heavy atom. The zero-order valence-electron chi connectivity index (χ0n) is 15.8. The van der Waals surface area contributed by atoms with Gasteiger partial charge in [-0.1, -0.05) is 0 Å².